The van der Waals surface area contributed by atoms with E-state index in [9.17, 15) is 4.79 Å². The van der Waals surface area contributed by atoms with Gasteiger partial charge in [-0.1, -0.05) is 48.6 Å². The third kappa shape index (κ3) is 4.91. The summed E-state index contributed by atoms with van der Waals surface area (Å²) < 4.78 is 17.1. The van der Waals surface area contributed by atoms with Crippen LogP contribution in [0.1, 0.15) is 25.8 Å². The largest absolute Gasteiger partial charge is 0.495 e. The maximum absolute atomic E-state index is 13.0. The molecule has 0 aromatic heterocycles. The minimum atomic E-state index is -0.199. The molecule has 0 aliphatic carbocycles. The SMILES string of the molecule is CCCOc1ccc(/C=C2\SC(=S)N(c3ccc(OC)c(Cl)c3)C2=O)cc1OCC. The van der Waals surface area contributed by atoms with Crippen LogP contribution in [0, 0.1) is 0 Å². The molecule has 1 heterocycles. The second kappa shape index (κ2) is 10.2. The van der Waals surface area contributed by atoms with Gasteiger partial charge in [0.25, 0.3) is 5.91 Å². The highest BCUT2D eigenvalue weighted by Crippen LogP contribution is 2.39. The van der Waals surface area contributed by atoms with E-state index in [0.29, 0.717) is 50.4 Å². The molecule has 0 spiro atoms. The van der Waals surface area contributed by atoms with Crippen LogP contribution in [0.15, 0.2) is 41.3 Å². The number of anilines is 1. The fourth-order valence-electron chi connectivity index (χ4n) is 2.85. The summed E-state index contributed by atoms with van der Waals surface area (Å²) in [6.45, 7) is 5.10. The van der Waals surface area contributed by atoms with Crippen molar-refractivity contribution in [1.82, 2.24) is 0 Å². The Hall–Kier alpha value is -2.22. The normalized spacial score (nSPS) is 15.1. The van der Waals surface area contributed by atoms with Crippen LogP contribution in [0.2, 0.25) is 5.02 Å². The molecule has 2 aromatic rings. The van der Waals surface area contributed by atoms with E-state index in [4.69, 9.17) is 38.0 Å². The van der Waals surface area contributed by atoms with E-state index in [1.54, 1.807) is 24.3 Å². The van der Waals surface area contributed by atoms with Gasteiger partial charge in [-0.3, -0.25) is 9.69 Å². The highest BCUT2D eigenvalue weighted by molar-refractivity contribution is 8.27. The zero-order valence-corrected chi connectivity index (χ0v) is 19.3. The van der Waals surface area contributed by atoms with Crippen LogP contribution >= 0.6 is 35.6 Å². The van der Waals surface area contributed by atoms with Crippen LogP contribution in [0.3, 0.4) is 0 Å². The van der Waals surface area contributed by atoms with E-state index in [1.165, 1.54) is 23.8 Å². The molecule has 3 rings (SSSR count). The van der Waals surface area contributed by atoms with Gasteiger partial charge in [-0.2, -0.15) is 0 Å². The Labute approximate surface area is 190 Å². The lowest BCUT2D eigenvalue weighted by Gasteiger charge is -2.15. The lowest BCUT2D eigenvalue weighted by molar-refractivity contribution is -0.113. The Bertz CT molecular complexity index is 993. The Balaban J connectivity index is 1.88. The summed E-state index contributed by atoms with van der Waals surface area (Å²) >= 11 is 12.9. The number of thioether (sulfide) groups is 1. The number of carbonyl (C=O) groups excluding carboxylic acids is 1. The number of carbonyl (C=O) groups is 1. The molecule has 1 aliphatic rings. The number of nitrogens with zero attached hydrogens (tertiary/aromatic N) is 1. The van der Waals surface area contributed by atoms with E-state index < -0.39 is 0 Å². The molecule has 0 unspecified atom stereocenters. The third-order valence-corrected chi connectivity index (χ3v) is 5.81. The molecule has 0 N–H and O–H groups in total. The van der Waals surface area contributed by atoms with Crippen molar-refractivity contribution in [3.8, 4) is 17.2 Å². The van der Waals surface area contributed by atoms with Gasteiger partial charge in [0.2, 0.25) is 0 Å². The van der Waals surface area contributed by atoms with Crippen molar-refractivity contribution in [2.75, 3.05) is 25.2 Å². The number of hydrogen-bond donors (Lipinski definition) is 0. The number of ether oxygens (including phenoxy) is 3. The molecule has 158 valence electrons. The summed E-state index contributed by atoms with van der Waals surface area (Å²) in [6, 6.07) is 10.8. The van der Waals surface area contributed by atoms with Crippen molar-refractivity contribution in [3.05, 3.63) is 51.9 Å². The first-order chi connectivity index (χ1) is 14.5. The molecule has 0 bridgehead atoms. The van der Waals surface area contributed by atoms with Gasteiger partial charge in [-0.25, -0.2) is 0 Å². The van der Waals surface area contributed by atoms with Crippen molar-refractivity contribution >= 4 is 57.6 Å². The minimum absolute atomic E-state index is 0.199. The number of amides is 1. The lowest BCUT2D eigenvalue weighted by atomic mass is 10.1. The average Bonchev–Trinajstić information content (AvgIpc) is 3.00. The standard InChI is InChI=1S/C22H22ClNO4S2/c1-4-10-28-18-8-6-14(11-19(18)27-5-2)12-20-21(25)24(22(29)30-20)15-7-9-17(26-3)16(23)13-15/h6-9,11-13H,4-5,10H2,1-3H3/b20-12-. The Morgan fingerprint density at radius 1 is 1.10 bits per heavy atom. The Morgan fingerprint density at radius 3 is 2.53 bits per heavy atom. The quantitative estimate of drug-likeness (QED) is 0.356. The summed E-state index contributed by atoms with van der Waals surface area (Å²) in [5.74, 6) is 1.68. The van der Waals surface area contributed by atoms with E-state index >= 15 is 0 Å². The molecule has 5 nitrogen and oxygen atoms in total. The Kier molecular flexibility index (Phi) is 7.64. The highest BCUT2D eigenvalue weighted by atomic mass is 35.5. The van der Waals surface area contributed by atoms with Gasteiger partial charge in [0.05, 0.1) is 35.9 Å². The zero-order valence-electron chi connectivity index (χ0n) is 16.9. The maximum Gasteiger partial charge on any atom is 0.270 e. The topological polar surface area (TPSA) is 48.0 Å². The molecule has 2 aromatic carbocycles. The first-order valence-electron chi connectivity index (χ1n) is 9.49. The second-order valence-corrected chi connectivity index (χ2v) is 8.41. The first kappa shape index (κ1) is 22.5. The van der Waals surface area contributed by atoms with Crippen LogP contribution in [0.4, 0.5) is 5.69 Å². The molecule has 1 saturated heterocycles. The first-order valence-corrected chi connectivity index (χ1v) is 11.1. The fraction of sp³-hybridized carbons (Fsp3) is 0.273. The van der Waals surface area contributed by atoms with Crippen LogP contribution in [-0.2, 0) is 4.79 Å². The summed E-state index contributed by atoms with van der Waals surface area (Å²) in [4.78, 5) is 15.0. The number of rotatable bonds is 8. The molecule has 0 radical (unpaired) electrons. The number of methoxy groups -OCH3 is 1. The number of benzene rings is 2. The van der Waals surface area contributed by atoms with Gasteiger partial charge >= 0.3 is 0 Å². The van der Waals surface area contributed by atoms with Crippen molar-refractivity contribution < 1.29 is 19.0 Å². The number of halogens is 1. The van der Waals surface area contributed by atoms with Gasteiger partial charge < -0.3 is 14.2 Å². The predicted octanol–water partition coefficient (Wildman–Crippen LogP) is 5.94. The van der Waals surface area contributed by atoms with E-state index in [-0.39, 0.29) is 5.91 Å². The van der Waals surface area contributed by atoms with Crippen LogP contribution in [0.5, 0.6) is 17.2 Å². The van der Waals surface area contributed by atoms with E-state index in [0.717, 1.165) is 12.0 Å². The van der Waals surface area contributed by atoms with Crippen molar-refractivity contribution in [2.24, 2.45) is 0 Å². The summed E-state index contributed by atoms with van der Waals surface area (Å²) in [5, 5.41) is 0.414. The monoisotopic (exact) mass is 463 g/mol. The molecular weight excluding hydrogens is 442 g/mol. The molecule has 1 aliphatic heterocycles. The summed E-state index contributed by atoms with van der Waals surface area (Å²) in [7, 11) is 1.54. The van der Waals surface area contributed by atoms with Crippen LogP contribution in [0.25, 0.3) is 6.08 Å². The third-order valence-electron chi connectivity index (χ3n) is 4.21. The van der Waals surface area contributed by atoms with E-state index in [1.807, 2.05) is 32.0 Å². The maximum atomic E-state index is 13.0. The predicted molar refractivity (Wildman–Crippen MR) is 127 cm³/mol. The second-order valence-electron chi connectivity index (χ2n) is 6.32. The van der Waals surface area contributed by atoms with Gasteiger partial charge in [0.15, 0.2) is 15.8 Å². The van der Waals surface area contributed by atoms with Gasteiger partial charge in [0.1, 0.15) is 5.75 Å². The molecule has 30 heavy (non-hydrogen) atoms. The summed E-state index contributed by atoms with van der Waals surface area (Å²) in [6.07, 6.45) is 2.71. The fourth-order valence-corrected chi connectivity index (χ4v) is 4.40. The average molecular weight is 464 g/mol. The van der Waals surface area contributed by atoms with Gasteiger partial charge in [0, 0.05) is 0 Å². The zero-order chi connectivity index (χ0) is 21.7. The smallest absolute Gasteiger partial charge is 0.270 e. The molecule has 8 heteroatoms. The van der Waals surface area contributed by atoms with Crippen molar-refractivity contribution in [1.29, 1.82) is 0 Å². The molecule has 0 saturated carbocycles. The van der Waals surface area contributed by atoms with Gasteiger partial charge in [-0.15, -0.1) is 0 Å². The van der Waals surface area contributed by atoms with Crippen LogP contribution < -0.4 is 19.1 Å². The minimum Gasteiger partial charge on any atom is -0.495 e. The number of thiocarbonyl (C=S) groups is 1. The lowest BCUT2D eigenvalue weighted by Crippen LogP contribution is -2.27. The van der Waals surface area contributed by atoms with Crippen molar-refractivity contribution in [2.45, 2.75) is 20.3 Å². The molecule has 1 amide bonds. The highest BCUT2D eigenvalue weighted by Gasteiger charge is 2.33. The molecule has 1 fully saturated rings. The summed E-state index contributed by atoms with van der Waals surface area (Å²) in [5.41, 5.74) is 1.43. The number of hydrogen-bond acceptors (Lipinski definition) is 6. The molecular formula is C22H22ClNO4S2. The van der Waals surface area contributed by atoms with Crippen LogP contribution in [-0.4, -0.2) is 30.6 Å². The van der Waals surface area contributed by atoms with Crippen molar-refractivity contribution in [3.63, 3.8) is 0 Å². The van der Waals surface area contributed by atoms with E-state index in [2.05, 4.69) is 0 Å². The molecule has 0 atom stereocenters. The Morgan fingerprint density at radius 2 is 1.87 bits per heavy atom. The van der Waals surface area contributed by atoms with Gasteiger partial charge in [-0.05, 0) is 55.3 Å².